The summed E-state index contributed by atoms with van der Waals surface area (Å²) in [6.45, 7) is -0.175. The minimum Gasteiger partial charge on any atom is -0.482 e. The number of rotatable bonds is 5. The number of benzene rings is 2. The normalized spacial score (nSPS) is 10.3. The maximum atomic E-state index is 11.9. The Morgan fingerprint density at radius 2 is 1.87 bits per heavy atom. The van der Waals surface area contributed by atoms with Crippen LogP contribution in [0.1, 0.15) is 0 Å². The third-order valence-electron chi connectivity index (χ3n) is 3.04. The van der Waals surface area contributed by atoms with Crippen LogP contribution in [0.4, 0.5) is 5.88 Å². The van der Waals surface area contributed by atoms with Crippen LogP contribution in [0.25, 0.3) is 11.3 Å². The highest BCUT2D eigenvalue weighted by molar-refractivity contribution is 6.32. The number of ether oxygens (including phenoxy) is 1. The molecule has 5 nitrogen and oxygen atoms in total. The Labute approximate surface area is 137 Å². The molecule has 0 radical (unpaired) electrons. The van der Waals surface area contributed by atoms with E-state index in [-0.39, 0.29) is 18.4 Å². The number of carbonyl (C=O) groups excluding carboxylic acids is 1. The minimum absolute atomic E-state index is 0.175. The van der Waals surface area contributed by atoms with Crippen LogP contribution in [-0.2, 0) is 4.79 Å². The number of amides is 1. The molecular formula is C17H13ClN2O3. The molecule has 0 aliphatic carbocycles. The molecule has 0 unspecified atom stereocenters. The standard InChI is InChI=1S/C17H13ClN2O3/c18-13-8-4-5-9-15(13)22-11-16(21)19-17-10-14(20-23-17)12-6-2-1-3-7-12/h1-10H,11H2,(H,19,21). The Bertz CT molecular complexity index is 802. The average Bonchev–Trinajstić information content (AvgIpc) is 3.03. The molecule has 0 bridgehead atoms. The Morgan fingerprint density at radius 3 is 2.65 bits per heavy atom. The van der Waals surface area contributed by atoms with Crippen molar-refractivity contribution in [1.29, 1.82) is 0 Å². The van der Waals surface area contributed by atoms with E-state index < -0.39 is 0 Å². The van der Waals surface area contributed by atoms with E-state index in [0.717, 1.165) is 5.56 Å². The molecule has 1 heterocycles. The predicted octanol–water partition coefficient (Wildman–Crippen LogP) is 4.01. The molecule has 0 aliphatic heterocycles. The van der Waals surface area contributed by atoms with Crippen molar-refractivity contribution in [3.63, 3.8) is 0 Å². The van der Waals surface area contributed by atoms with Crippen molar-refractivity contribution in [3.8, 4) is 17.0 Å². The molecule has 23 heavy (non-hydrogen) atoms. The largest absolute Gasteiger partial charge is 0.482 e. The Hall–Kier alpha value is -2.79. The summed E-state index contributed by atoms with van der Waals surface area (Å²) < 4.78 is 10.5. The lowest BCUT2D eigenvalue weighted by molar-refractivity contribution is -0.118. The number of nitrogens with one attached hydrogen (secondary N) is 1. The zero-order valence-corrected chi connectivity index (χ0v) is 12.8. The van der Waals surface area contributed by atoms with E-state index in [0.29, 0.717) is 16.5 Å². The summed E-state index contributed by atoms with van der Waals surface area (Å²) in [5, 5.41) is 6.96. The molecule has 0 aliphatic rings. The molecule has 116 valence electrons. The number of aromatic nitrogens is 1. The van der Waals surface area contributed by atoms with Gasteiger partial charge in [0.15, 0.2) is 6.61 Å². The Morgan fingerprint density at radius 1 is 1.13 bits per heavy atom. The van der Waals surface area contributed by atoms with E-state index >= 15 is 0 Å². The van der Waals surface area contributed by atoms with Gasteiger partial charge >= 0.3 is 0 Å². The van der Waals surface area contributed by atoms with Crippen LogP contribution >= 0.6 is 11.6 Å². The van der Waals surface area contributed by atoms with Gasteiger partial charge in [-0.3, -0.25) is 10.1 Å². The fraction of sp³-hybridized carbons (Fsp3) is 0.0588. The van der Waals surface area contributed by atoms with Gasteiger partial charge in [0, 0.05) is 11.6 Å². The second-order valence-electron chi connectivity index (χ2n) is 4.71. The summed E-state index contributed by atoms with van der Waals surface area (Å²) in [5.74, 6) is 0.351. The van der Waals surface area contributed by atoms with Crippen LogP contribution in [0, 0.1) is 0 Å². The number of hydrogen-bond donors (Lipinski definition) is 1. The number of anilines is 1. The van der Waals surface area contributed by atoms with Crippen molar-refractivity contribution in [2.75, 3.05) is 11.9 Å². The summed E-state index contributed by atoms with van der Waals surface area (Å²) in [6.07, 6.45) is 0. The molecule has 1 aromatic heterocycles. The van der Waals surface area contributed by atoms with Crippen LogP contribution in [0.3, 0.4) is 0 Å². The third kappa shape index (κ3) is 3.90. The van der Waals surface area contributed by atoms with E-state index in [1.54, 1.807) is 30.3 Å². The fourth-order valence-electron chi connectivity index (χ4n) is 1.96. The quantitative estimate of drug-likeness (QED) is 0.768. The number of carbonyl (C=O) groups is 1. The molecule has 0 saturated carbocycles. The molecule has 0 fully saturated rings. The van der Waals surface area contributed by atoms with Crippen molar-refractivity contribution in [1.82, 2.24) is 5.16 Å². The first-order chi connectivity index (χ1) is 11.2. The van der Waals surface area contributed by atoms with E-state index in [1.165, 1.54) is 0 Å². The van der Waals surface area contributed by atoms with Crippen molar-refractivity contribution in [3.05, 3.63) is 65.7 Å². The molecule has 0 atom stereocenters. The second-order valence-corrected chi connectivity index (χ2v) is 5.12. The molecule has 3 rings (SSSR count). The highest BCUT2D eigenvalue weighted by atomic mass is 35.5. The highest BCUT2D eigenvalue weighted by Crippen LogP contribution is 2.23. The van der Waals surface area contributed by atoms with Crippen LogP contribution < -0.4 is 10.1 Å². The van der Waals surface area contributed by atoms with Crippen molar-refractivity contribution in [2.45, 2.75) is 0 Å². The van der Waals surface area contributed by atoms with Crippen LogP contribution in [-0.4, -0.2) is 17.7 Å². The lowest BCUT2D eigenvalue weighted by atomic mass is 10.2. The van der Waals surface area contributed by atoms with Crippen LogP contribution in [0.5, 0.6) is 5.75 Å². The van der Waals surface area contributed by atoms with Gasteiger partial charge in [-0.1, -0.05) is 59.2 Å². The number of para-hydroxylation sites is 1. The molecule has 0 spiro atoms. The van der Waals surface area contributed by atoms with Crippen molar-refractivity contribution < 1.29 is 14.1 Å². The van der Waals surface area contributed by atoms with Gasteiger partial charge in [-0.25, -0.2) is 0 Å². The van der Waals surface area contributed by atoms with E-state index in [2.05, 4.69) is 10.5 Å². The molecule has 6 heteroatoms. The number of hydrogen-bond acceptors (Lipinski definition) is 4. The van der Waals surface area contributed by atoms with Gasteiger partial charge in [-0.15, -0.1) is 0 Å². The molecule has 3 aromatic rings. The van der Waals surface area contributed by atoms with E-state index in [1.807, 2.05) is 30.3 Å². The third-order valence-corrected chi connectivity index (χ3v) is 3.35. The van der Waals surface area contributed by atoms with Crippen molar-refractivity contribution in [2.24, 2.45) is 0 Å². The topological polar surface area (TPSA) is 64.4 Å². The van der Waals surface area contributed by atoms with Crippen LogP contribution in [0.15, 0.2) is 65.2 Å². The minimum atomic E-state index is -0.360. The lowest BCUT2D eigenvalue weighted by Gasteiger charge is -2.06. The van der Waals surface area contributed by atoms with Gasteiger partial charge in [-0.05, 0) is 12.1 Å². The molecule has 0 saturated heterocycles. The first-order valence-electron chi connectivity index (χ1n) is 6.92. The zero-order valence-electron chi connectivity index (χ0n) is 12.0. The maximum Gasteiger partial charge on any atom is 0.264 e. The average molecular weight is 329 g/mol. The summed E-state index contributed by atoms with van der Waals surface area (Å²) in [5.41, 5.74) is 1.55. The van der Waals surface area contributed by atoms with Gasteiger partial charge in [0.25, 0.3) is 5.91 Å². The number of nitrogens with zero attached hydrogens (tertiary/aromatic N) is 1. The second kappa shape index (κ2) is 6.98. The van der Waals surface area contributed by atoms with Crippen molar-refractivity contribution >= 4 is 23.4 Å². The maximum absolute atomic E-state index is 11.9. The van der Waals surface area contributed by atoms with Gasteiger partial charge in [0.1, 0.15) is 11.4 Å². The predicted molar refractivity (Wildman–Crippen MR) is 87.5 cm³/mol. The summed E-state index contributed by atoms with van der Waals surface area (Å²) in [6, 6.07) is 18.1. The monoisotopic (exact) mass is 328 g/mol. The molecule has 2 aromatic carbocycles. The highest BCUT2D eigenvalue weighted by Gasteiger charge is 2.10. The van der Waals surface area contributed by atoms with E-state index in [4.69, 9.17) is 20.9 Å². The van der Waals surface area contributed by atoms with Gasteiger partial charge in [0.05, 0.1) is 5.02 Å². The summed E-state index contributed by atoms with van der Waals surface area (Å²) in [7, 11) is 0. The Balaban J connectivity index is 1.58. The van der Waals surface area contributed by atoms with Gasteiger partial charge in [-0.2, -0.15) is 0 Å². The van der Waals surface area contributed by atoms with Gasteiger partial charge in [0.2, 0.25) is 5.88 Å². The van der Waals surface area contributed by atoms with E-state index in [9.17, 15) is 4.79 Å². The first-order valence-corrected chi connectivity index (χ1v) is 7.29. The Kier molecular flexibility index (Phi) is 4.59. The molecule has 1 amide bonds. The first kappa shape index (κ1) is 15.1. The summed E-state index contributed by atoms with van der Waals surface area (Å²) in [4.78, 5) is 11.9. The SMILES string of the molecule is O=C(COc1ccccc1Cl)Nc1cc(-c2ccccc2)no1. The molecule has 1 N–H and O–H groups in total. The fourth-order valence-corrected chi connectivity index (χ4v) is 2.15. The lowest BCUT2D eigenvalue weighted by Crippen LogP contribution is -2.19. The summed E-state index contributed by atoms with van der Waals surface area (Å²) >= 11 is 5.95. The zero-order chi connectivity index (χ0) is 16.1. The smallest absolute Gasteiger partial charge is 0.264 e. The number of halogens is 1. The van der Waals surface area contributed by atoms with Crippen LogP contribution in [0.2, 0.25) is 5.02 Å². The van der Waals surface area contributed by atoms with Gasteiger partial charge < -0.3 is 9.26 Å². The molecular weight excluding hydrogens is 316 g/mol.